The van der Waals surface area contributed by atoms with Crippen LogP contribution < -0.4 is 0 Å². The third-order valence-corrected chi connectivity index (χ3v) is 3.73. The van der Waals surface area contributed by atoms with Gasteiger partial charge in [-0.15, -0.1) is 11.3 Å². The number of thiazole rings is 1. The summed E-state index contributed by atoms with van der Waals surface area (Å²) < 4.78 is 0. The zero-order valence-electron chi connectivity index (χ0n) is 11.3. The van der Waals surface area contributed by atoms with E-state index in [4.69, 9.17) is 5.11 Å². The van der Waals surface area contributed by atoms with E-state index in [0.717, 1.165) is 23.5 Å². The molecule has 0 spiro atoms. The van der Waals surface area contributed by atoms with Crippen LogP contribution in [-0.4, -0.2) is 33.5 Å². The second kappa shape index (κ2) is 7.48. The molecule has 0 radical (unpaired) electrons. The number of unbranched alkanes of at least 4 members (excludes halogenated alkanes) is 1. The van der Waals surface area contributed by atoms with Gasteiger partial charge in [0, 0.05) is 18.0 Å². The summed E-state index contributed by atoms with van der Waals surface area (Å²) in [6, 6.07) is 0.210. The second-order valence-electron chi connectivity index (χ2n) is 4.73. The summed E-state index contributed by atoms with van der Waals surface area (Å²) in [7, 11) is 0. The number of aromatic nitrogens is 1. The molecule has 1 aromatic heterocycles. The molecule has 1 N–H and O–H groups in total. The summed E-state index contributed by atoms with van der Waals surface area (Å²) in [5.74, 6) is -0.787. The van der Waals surface area contributed by atoms with Gasteiger partial charge in [0.25, 0.3) is 0 Å². The number of nitrogens with zero attached hydrogens (tertiary/aromatic N) is 2. The lowest BCUT2D eigenvalue weighted by Gasteiger charge is -2.23. The predicted octanol–water partition coefficient (Wildman–Crippen LogP) is 2.78. The third-order valence-electron chi connectivity index (χ3n) is 2.78. The standard InChI is InChI=1S/C13H22N2O2S/c1-4-5-6-12-14-11(9-18-12)7-15(10(2)3)8-13(16)17/h9-10H,4-8H2,1-3H3,(H,16,17). The number of carboxylic acid groups (broad SMARTS) is 1. The first kappa shape index (κ1) is 15.1. The highest BCUT2D eigenvalue weighted by molar-refractivity contribution is 7.09. The highest BCUT2D eigenvalue weighted by Gasteiger charge is 2.15. The molecule has 0 unspecified atom stereocenters. The van der Waals surface area contributed by atoms with Crippen molar-refractivity contribution >= 4 is 17.3 Å². The summed E-state index contributed by atoms with van der Waals surface area (Å²) in [5.41, 5.74) is 0.987. The Hall–Kier alpha value is -0.940. The minimum atomic E-state index is -0.787. The van der Waals surface area contributed by atoms with Crippen molar-refractivity contribution in [1.82, 2.24) is 9.88 Å². The Kier molecular flexibility index (Phi) is 6.29. The van der Waals surface area contributed by atoms with Crippen LogP contribution in [0.15, 0.2) is 5.38 Å². The van der Waals surface area contributed by atoms with Crippen molar-refractivity contribution in [3.05, 3.63) is 16.1 Å². The first-order valence-corrected chi connectivity index (χ1v) is 7.30. The molecule has 0 atom stereocenters. The molecule has 4 nitrogen and oxygen atoms in total. The Morgan fingerprint density at radius 1 is 1.56 bits per heavy atom. The van der Waals surface area contributed by atoms with Gasteiger partial charge in [0.2, 0.25) is 0 Å². The fourth-order valence-electron chi connectivity index (χ4n) is 1.67. The van der Waals surface area contributed by atoms with Crippen molar-refractivity contribution in [3.63, 3.8) is 0 Å². The van der Waals surface area contributed by atoms with E-state index in [2.05, 4.69) is 11.9 Å². The molecule has 0 saturated heterocycles. The Morgan fingerprint density at radius 2 is 2.28 bits per heavy atom. The normalized spacial score (nSPS) is 11.4. The van der Waals surface area contributed by atoms with Crippen molar-refractivity contribution in [1.29, 1.82) is 0 Å². The molecule has 0 saturated carbocycles. The molecular formula is C13H22N2O2S. The zero-order chi connectivity index (χ0) is 13.5. The lowest BCUT2D eigenvalue weighted by Crippen LogP contribution is -2.35. The van der Waals surface area contributed by atoms with Crippen LogP contribution in [0.3, 0.4) is 0 Å². The van der Waals surface area contributed by atoms with Crippen LogP contribution in [0, 0.1) is 0 Å². The summed E-state index contributed by atoms with van der Waals surface area (Å²) in [4.78, 5) is 17.3. The highest BCUT2D eigenvalue weighted by atomic mass is 32.1. The van der Waals surface area contributed by atoms with E-state index < -0.39 is 5.97 Å². The van der Waals surface area contributed by atoms with Gasteiger partial charge in [-0.05, 0) is 26.7 Å². The maximum Gasteiger partial charge on any atom is 0.317 e. The van der Waals surface area contributed by atoms with Gasteiger partial charge in [0.15, 0.2) is 0 Å². The van der Waals surface area contributed by atoms with Crippen molar-refractivity contribution in [2.45, 2.75) is 52.6 Å². The maximum atomic E-state index is 10.8. The van der Waals surface area contributed by atoms with Crippen LogP contribution in [0.4, 0.5) is 0 Å². The summed E-state index contributed by atoms with van der Waals surface area (Å²) >= 11 is 1.68. The quantitative estimate of drug-likeness (QED) is 0.789. The molecule has 0 amide bonds. The zero-order valence-corrected chi connectivity index (χ0v) is 12.2. The average molecular weight is 270 g/mol. The lowest BCUT2D eigenvalue weighted by atomic mass is 10.2. The summed E-state index contributed by atoms with van der Waals surface area (Å²) in [6.45, 7) is 6.87. The topological polar surface area (TPSA) is 53.4 Å². The minimum Gasteiger partial charge on any atom is -0.480 e. The minimum absolute atomic E-state index is 0.0689. The summed E-state index contributed by atoms with van der Waals surface area (Å²) in [6.07, 6.45) is 3.36. The van der Waals surface area contributed by atoms with E-state index in [0.29, 0.717) is 6.54 Å². The smallest absolute Gasteiger partial charge is 0.317 e. The lowest BCUT2D eigenvalue weighted by molar-refractivity contribution is -0.138. The van der Waals surface area contributed by atoms with Gasteiger partial charge in [-0.3, -0.25) is 9.69 Å². The van der Waals surface area contributed by atoms with E-state index in [1.54, 1.807) is 11.3 Å². The number of aryl methyl sites for hydroxylation is 1. The predicted molar refractivity (Wildman–Crippen MR) is 73.9 cm³/mol. The fraction of sp³-hybridized carbons (Fsp3) is 0.692. The summed E-state index contributed by atoms with van der Waals surface area (Å²) in [5, 5.41) is 12.1. The Bertz CT molecular complexity index is 377. The van der Waals surface area contributed by atoms with Crippen molar-refractivity contribution in [2.75, 3.05) is 6.54 Å². The molecule has 5 heteroatoms. The molecular weight excluding hydrogens is 248 g/mol. The van der Waals surface area contributed by atoms with Crippen LogP contribution in [0.1, 0.15) is 44.3 Å². The second-order valence-corrected chi connectivity index (χ2v) is 5.67. The largest absolute Gasteiger partial charge is 0.480 e. The van der Waals surface area contributed by atoms with E-state index in [1.165, 1.54) is 6.42 Å². The van der Waals surface area contributed by atoms with Gasteiger partial charge in [-0.2, -0.15) is 0 Å². The molecule has 0 aliphatic rings. The number of hydrogen-bond acceptors (Lipinski definition) is 4. The molecule has 1 heterocycles. The Labute approximate surface area is 113 Å². The maximum absolute atomic E-state index is 10.8. The molecule has 0 fully saturated rings. The van der Waals surface area contributed by atoms with Gasteiger partial charge >= 0.3 is 5.97 Å². The van der Waals surface area contributed by atoms with Crippen LogP contribution in [0.5, 0.6) is 0 Å². The van der Waals surface area contributed by atoms with Crippen LogP contribution in [0.2, 0.25) is 0 Å². The average Bonchev–Trinajstić information content (AvgIpc) is 2.72. The van der Waals surface area contributed by atoms with Gasteiger partial charge in [-0.25, -0.2) is 4.98 Å². The van der Waals surface area contributed by atoms with E-state index in [1.807, 2.05) is 24.1 Å². The molecule has 1 rings (SSSR count). The van der Waals surface area contributed by atoms with Gasteiger partial charge in [0.05, 0.1) is 17.2 Å². The fourth-order valence-corrected chi connectivity index (χ4v) is 2.50. The van der Waals surface area contributed by atoms with Crippen molar-refractivity contribution in [3.8, 4) is 0 Å². The Morgan fingerprint density at radius 3 is 2.83 bits per heavy atom. The van der Waals surface area contributed by atoms with Gasteiger partial charge in [0.1, 0.15) is 0 Å². The van der Waals surface area contributed by atoms with Crippen LogP contribution in [0.25, 0.3) is 0 Å². The molecule has 18 heavy (non-hydrogen) atoms. The molecule has 102 valence electrons. The van der Waals surface area contributed by atoms with Crippen LogP contribution >= 0.6 is 11.3 Å². The van der Waals surface area contributed by atoms with Crippen molar-refractivity contribution in [2.24, 2.45) is 0 Å². The first-order chi connectivity index (χ1) is 8.52. The number of rotatable bonds is 8. The third kappa shape index (κ3) is 5.14. The molecule has 0 bridgehead atoms. The van der Waals surface area contributed by atoms with Gasteiger partial charge < -0.3 is 5.11 Å². The van der Waals surface area contributed by atoms with Crippen molar-refractivity contribution < 1.29 is 9.90 Å². The monoisotopic (exact) mass is 270 g/mol. The number of hydrogen-bond donors (Lipinski definition) is 1. The molecule has 0 aliphatic heterocycles. The molecule has 0 aromatic carbocycles. The Balaban J connectivity index is 2.57. The van der Waals surface area contributed by atoms with E-state index in [9.17, 15) is 4.79 Å². The van der Waals surface area contributed by atoms with Crippen LogP contribution in [-0.2, 0) is 17.8 Å². The molecule has 0 aliphatic carbocycles. The highest BCUT2D eigenvalue weighted by Crippen LogP contribution is 2.15. The van der Waals surface area contributed by atoms with E-state index in [-0.39, 0.29) is 12.6 Å². The number of carboxylic acids is 1. The number of aliphatic carboxylic acids is 1. The molecule has 1 aromatic rings. The number of carbonyl (C=O) groups is 1. The van der Waals surface area contributed by atoms with E-state index >= 15 is 0 Å². The van der Waals surface area contributed by atoms with Gasteiger partial charge in [-0.1, -0.05) is 13.3 Å². The SMILES string of the molecule is CCCCc1nc(CN(CC(=O)O)C(C)C)cs1. The first-order valence-electron chi connectivity index (χ1n) is 6.42.